The third-order valence-corrected chi connectivity index (χ3v) is 4.81. The Labute approximate surface area is 147 Å². The van der Waals surface area contributed by atoms with E-state index in [1.165, 1.54) is 4.90 Å². The summed E-state index contributed by atoms with van der Waals surface area (Å²) in [6.07, 6.45) is 1.94. The molecular weight excluding hydrogens is 324 g/mol. The zero-order valence-electron chi connectivity index (χ0n) is 13.8. The summed E-state index contributed by atoms with van der Waals surface area (Å²) in [5.41, 5.74) is 0.785. The van der Waals surface area contributed by atoms with Crippen molar-refractivity contribution in [2.24, 2.45) is 0 Å². The highest BCUT2D eigenvalue weighted by Crippen LogP contribution is 2.13. The van der Waals surface area contributed by atoms with Crippen molar-refractivity contribution in [2.75, 3.05) is 36.4 Å². The topological polar surface area (TPSA) is 50.9 Å². The Bertz CT molecular complexity index is 669. The van der Waals surface area contributed by atoms with Gasteiger partial charge in [-0.25, -0.2) is 4.98 Å². The summed E-state index contributed by atoms with van der Waals surface area (Å²) in [6, 6.07) is 13.2. The van der Waals surface area contributed by atoms with Crippen LogP contribution < -0.4 is 20.1 Å². The molecule has 0 saturated carbocycles. The molecule has 1 aliphatic rings. The Morgan fingerprint density at radius 1 is 1.21 bits per heavy atom. The van der Waals surface area contributed by atoms with E-state index in [4.69, 9.17) is 11.6 Å². The minimum Gasteiger partial charge on any atom is -0.321 e. The van der Waals surface area contributed by atoms with E-state index in [0.717, 1.165) is 37.7 Å². The van der Waals surface area contributed by atoms with Gasteiger partial charge >= 0.3 is 0 Å². The number of benzene rings is 1. The SMILES string of the molecule is C[C@@H](C(=O)Nc1ccc(Cl)cc1)[NH+]1CCN(c2cccc[nH+]2)CC1. The fourth-order valence-electron chi connectivity index (χ4n) is 3.02. The van der Waals surface area contributed by atoms with Crippen LogP contribution in [0.1, 0.15) is 6.92 Å². The first-order valence-corrected chi connectivity index (χ1v) is 8.64. The van der Waals surface area contributed by atoms with Gasteiger partial charge in [-0.3, -0.25) is 9.69 Å². The average molecular weight is 347 g/mol. The van der Waals surface area contributed by atoms with E-state index in [0.29, 0.717) is 5.02 Å². The van der Waals surface area contributed by atoms with Crippen molar-refractivity contribution in [3.8, 4) is 0 Å². The highest BCUT2D eigenvalue weighted by Gasteiger charge is 2.32. The van der Waals surface area contributed by atoms with Crippen molar-refractivity contribution in [3.05, 3.63) is 53.7 Å². The smallest absolute Gasteiger partial charge is 0.282 e. The number of hydrogen-bond donors (Lipinski definition) is 2. The molecule has 2 aromatic rings. The van der Waals surface area contributed by atoms with Crippen molar-refractivity contribution in [3.63, 3.8) is 0 Å². The van der Waals surface area contributed by atoms with Gasteiger partial charge < -0.3 is 10.2 Å². The zero-order valence-corrected chi connectivity index (χ0v) is 14.5. The molecule has 3 rings (SSSR count). The van der Waals surface area contributed by atoms with Gasteiger partial charge in [-0.2, -0.15) is 0 Å². The molecule has 3 N–H and O–H groups in total. The highest BCUT2D eigenvalue weighted by molar-refractivity contribution is 6.30. The fourth-order valence-corrected chi connectivity index (χ4v) is 3.14. The number of aromatic nitrogens is 1. The van der Waals surface area contributed by atoms with Gasteiger partial charge in [0.05, 0.1) is 6.20 Å². The second kappa shape index (κ2) is 7.64. The average Bonchev–Trinajstić information content (AvgIpc) is 2.64. The Morgan fingerprint density at radius 3 is 2.54 bits per heavy atom. The minimum atomic E-state index is -0.0809. The molecule has 1 amide bonds. The number of rotatable bonds is 4. The van der Waals surface area contributed by atoms with E-state index < -0.39 is 0 Å². The number of piperazine rings is 1. The molecule has 6 heteroatoms. The molecule has 0 bridgehead atoms. The third-order valence-electron chi connectivity index (χ3n) is 4.56. The second-order valence-electron chi connectivity index (χ2n) is 6.11. The largest absolute Gasteiger partial charge is 0.321 e. The molecular formula is C18H23ClN4O+2. The van der Waals surface area contributed by atoms with E-state index >= 15 is 0 Å². The zero-order chi connectivity index (χ0) is 16.9. The molecule has 0 unspecified atom stereocenters. The summed E-state index contributed by atoms with van der Waals surface area (Å²) in [4.78, 5) is 19.4. The van der Waals surface area contributed by atoms with Crippen LogP contribution in [-0.2, 0) is 4.79 Å². The molecule has 2 heterocycles. The summed E-state index contributed by atoms with van der Waals surface area (Å²) >= 11 is 5.87. The predicted molar refractivity (Wildman–Crippen MR) is 95.5 cm³/mol. The van der Waals surface area contributed by atoms with Gasteiger partial charge in [0.1, 0.15) is 26.2 Å². The van der Waals surface area contributed by atoms with Gasteiger partial charge in [0.2, 0.25) is 0 Å². The number of nitrogens with one attached hydrogen (secondary N) is 3. The van der Waals surface area contributed by atoms with Crippen LogP contribution in [0.2, 0.25) is 5.02 Å². The Balaban J connectivity index is 1.53. The molecule has 1 aliphatic heterocycles. The van der Waals surface area contributed by atoms with Gasteiger partial charge in [-0.05, 0) is 37.3 Å². The lowest BCUT2D eigenvalue weighted by atomic mass is 10.2. The van der Waals surface area contributed by atoms with Crippen LogP contribution in [0, 0.1) is 0 Å². The van der Waals surface area contributed by atoms with Crippen molar-refractivity contribution in [2.45, 2.75) is 13.0 Å². The molecule has 0 radical (unpaired) electrons. The third kappa shape index (κ3) is 4.04. The van der Waals surface area contributed by atoms with Gasteiger partial charge in [0.25, 0.3) is 11.7 Å². The lowest BCUT2D eigenvalue weighted by Crippen LogP contribution is -3.19. The fraction of sp³-hybridized carbons (Fsp3) is 0.333. The van der Waals surface area contributed by atoms with Crippen molar-refractivity contribution in [1.29, 1.82) is 0 Å². The Kier molecular flexibility index (Phi) is 5.33. The van der Waals surface area contributed by atoms with E-state index in [-0.39, 0.29) is 11.9 Å². The number of amides is 1. The number of hydrogen-bond acceptors (Lipinski definition) is 2. The van der Waals surface area contributed by atoms with Crippen LogP contribution in [0.25, 0.3) is 0 Å². The maximum atomic E-state index is 12.5. The number of carbonyl (C=O) groups is 1. The summed E-state index contributed by atoms with van der Waals surface area (Å²) in [5, 5.41) is 3.64. The van der Waals surface area contributed by atoms with Crippen LogP contribution in [0.5, 0.6) is 0 Å². The van der Waals surface area contributed by atoms with Gasteiger partial charge in [0, 0.05) is 16.8 Å². The maximum Gasteiger partial charge on any atom is 0.282 e. The van der Waals surface area contributed by atoms with E-state index in [2.05, 4.69) is 21.3 Å². The highest BCUT2D eigenvalue weighted by atomic mass is 35.5. The number of halogens is 1. The summed E-state index contributed by atoms with van der Waals surface area (Å²) in [6.45, 7) is 5.75. The van der Waals surface area contributed by atoms with Gasteiger partial charge in [-0.1, -0.05) is 17.7 Å². The van der Waals surface area contributed by atoms with Crippen molar-refractivity contribution >= 4 is 29.0 Å². The normalized spacial score (nSPS) is 16.7. The van der Waals surface area contributed by atoms with Gasteiger partial charge in [-0.15, -0.1) is 0 Å². The molecule has 0 aliphatic carbocycles. The molecule has 1 saturated heterocycles. The number of anilines is 2. The van der Waals surface area contributed by atoms with Crippen LogP contribution in [0.15, 0.2) is 48.7 Å². The van der Waals surface area contributed by atoms with Crippen LogP contribution >= 0.6 is 11.6 Å². The van der Waals surface area contributed by atoms with Crippen molar-refractivity contribution < 1.29 is 14.7 Å². The Hall–Kier alpha value is -2.11. The first kappa shape index (κ1) is 16.7. The van der Waals surface area contributed by atoms with Crippen molar-refractivity contribution in [1.82, 2.24) is 0 Å². The summed E-state index contributed by atoms with van der Waals surface area (Å²) in [5.74, 6) is 1.18. The molecule has 1 fully saturated rings. The quantitative estimate of drug-likeness (QED) is 0.863. The summed E-state index contributed by atoms with van der Waals surface area (Å²) < 4.78 is 0. The first-order valence-electron chi connectivity index (χ1n) is 8.26. The number of H-pyrrole nitrogens is 1. The first-order chi connectivity index (χ1) is 11.6. The standard InChI is InChI=1S/C18H21ClN4O/c1-14(18(24)21-16-7-5-15(19)6-8-16)22-10-12-23(13-11-22)17-4-2-3-9-20-17/h2-9,14H,10-13H2,1H3,(H,21,24)/p+2/t14-/m0/s1. The number of nitrogens with zero attached hydrogens (tertiary/aromatic N) is 1. The molecule has 0 spiro atoms. The van der Waals surface area contributed by atoms with E-state index in [1.54, 1.807) is 12.1 Å². The van der Waals surface area contributed by atoms with Gasteiger partial charge in [0.15, 0.2) is 6.04 Å². The maximum absolute atomic E-state index is 12.5. The summed E-state index contributed by atoms with van der Waals surface area (Å²) in [7, 11) is 0. The lowest BCUT2D eigenvalue weighted by molar-refractivity contribution is -0.914. The predicted octanol–water partition coefficient (Wildman–Crippen LogP) is 0.886. The molecule has 1 aromatic heterocycles. The molecule has 5 nitrogen and oxygen atoms in total. The monoisotopic (exact) mass is 346 g/mol. The lowest BCUT2D eigenvalue weighted by Gasteiger charge is -2.31. The number of aromatic amines is 1. The van der Waals surface area contributed by atoms with Crippen LogP contribution in [-0.4, -0.2) is 38.1 Å². The van der Waals surface area contributed by atoms with Crippen LogP contribution in [0.4, 0.5) is 11.5 Å². The minimum absolute atomic E-state index is 0.0482. The van der Waals surface area contributed by atoms with E-state index in [1.807, 2.05) is 37.4 Å². The molecule has 24 heavy (non-hydrogen) atoms. The van der Waals surface area contributed by atoms with Crippen LogP contribution in [0.3, 0.4) is 0 Å². The number of pyridine rings is 1. The molecule has 126 valence electrons. The Morgan fingerprint density at radius 2 is 1.92 bits per heavy atom. The van der Waals surface area contributed by atoms with E-state index in [9.17, 15) is 4.79 Å². The second-order valence-corrected chi connectivity index (χ2v) is 6.55. The number of quaternary nitrogens is 1. The molecule has 1 aromatic carbocycles. The molecule has 1 atom stereocenters. The number of carbonyl (C=O) groups excluding carboxylic acids is 1.